The Balaban J connectivity index is 1.75. The number of hydrogen-bond donors (Lipinski definition) is 1. The molecule has 1 heterocycles. The second-order valence-corrected chi connectivity index (χ2v) is 6.21. The van der Waals surface area contributed by atoms with Gasteiger partial charge < -0.3 is 14.8 Å². The summed E-state index contributed by atoms with van der Waals surface area (Å²) in [6, 6.07) is 4.24. The van der Waals surface area contributed by atoms with E-state index in [4.69, 9.17) is 9.47 Å². The fourth-order valence-electron chi connectivity index (χ4n) is 3.04. The first kappa shape index (κ1) is 16.9. The highest BCUT2D eigenvalue weighted by Gasteiger charge is 2.46. The van der Waals surface area contributed by atoms with Gasteiger partial charge >= 0.3 is 11.9 Å². The van der Waals surface area contributed by atoms with Crippen molar-refractivity contribution in [3.05, 3.63) is 45.6 Å². The number of nitro benzene ring substituents is 1. The van der Waals surface area contributed by atoms with Gasteiger partial charge in [0.2, 0.25) is 0 Å². The van der Waals surface area contributed by atoms with Gasteiger partial charge in [-0.1, -0.05) is 6.42 Å². The van der Waals surface area contributed by atoms with Gasteiger partial charge in [0.1, 0.15) is 0 Å². The molecule has 0 aromatic heterocycles. The van der Waals surface area contributed by atoms with Crippen molar-refractivity contribution >= 4 is 23.3 Å². The monoisotopic (exact) mass is 346 g/mol. The van der Waals surface area contributed by atoms with Gasteiger partial charge in [-0.3, -0.25) is 10.1 Å². The Bertz CT molecular complexity index is 742. The van der Waals surface area contributed by atoms with Crippen LogP contribution < -0.4 is 5.32 Å². The number of carbonyl (C=O) groups is 2. The number of hydrogen-bond acceptors (Lipinski definition) is 7. The van der Waals surface area contributed by atoms with E-state index in [0.717, 1.165) is 19.3 Å². The molecule has 8 heteroatoms. The van der Waals surface area contributed by atoms with E-state index < -0.39 is 22.6 Å². The second kappa shape index (κ2) is 6.54. The van der Waals surface area contributed by atoms with E-state index in [-0.39, 0.29) is 11.3 Å². The molecular weight excluding hydrogens is 328 g/mol. The fourth-order valence-corrected chi connectivity index (χ4v) is 3.04. The number of aryl methyl sites for hydroxylation is 1. The van der Waals surface area contributed by atoms with E-state index in [0.29, 0.717) is 24.1 Å². The van der Waals surface area contributed by atoms with Crippen LogP contribution in [0.1, 0.15) is 37.7 Å². The number of esters is 2. The lowest BCUT2D eigenvalue weighted by Crippen LogP contribution is -2.47. The maximum absolute atomic E-state index is 12.2. The van der Waals surface area contributed by atoms with E-state index in [2.05, 4.69) is 5.32 Å². The second-order valence-electron chi connectivity index (χ2n) is 6.21. The molecule has 1 saturated carbocycles. The van der Waals surface area contributed by atoms with Crippen molar-refractivity contribution in [1.82, 2.24) is 0 Å². The molecule has 2 aliphatic rings. The number of nitrogens with zero attached hydrogens (tertiary/aromatic N) is 1. The summed E-state index contributed by atoms with van der Waals surface area (Å²) in [6.07, 6.45) is 4.98. The number of nitrogens with one attached hydrogen (secondary N) is 1. The van der Waals surface area contributed by atoms with Crippen molar-refractivity contribution < 1.29 is 24.0 Å². The van der Waals surface area contributed by atoms with Crippen LogP contribution in [0.4, 0.5) is 11.4 Å². The molecule has 3 rings (SSSR count). The van der Waals surface area contributed by atoms with Crippen molar-refractivity contribution in [1.29, 1.82) is 0 Å². The largest absolute Gasteiger partial charge is 0.419 e. The third-order valence-electron chi connectivity index (χ3n) is 4.41. The predicted octanol–water partition coefficient (Wildman–Crippen LogP) is 2.96. The third-order valence-corrected chi connectivity index (χ3v) is 4.41. The molecule has 1 aliphatic heterocycles. The standard InChI is InChI=1S/C17H18N2O6/c1-11-9-12(19(22)23)5-6-14(11)18-10-13-15(20)24-17(25-16(13)21)7-3-2-4-8-17/h5-6,9-10,18H,2-4,7-8H2,1H3. The fraction of sp³-hybridized carbons (Fsp3) is 0.412. The molecule has 0 unspecified atom stereocenters. The molecule has 1 N–H and O–H groups in total. The van der Waals surface area contributed by atoms with Gasteiger partial charge in [-0.05, 0) is 31.4 Å². The highest BCUT2D eigenvalue weighted by molar-refractivity contribution is 6.15. The van der Waals surface area contributed by atoms with E-state index in [1.54, 1.807) is 6.92 Å². The average molecular weight is 346 g/mol. The van der Waals surface area contributed by atoms with Crippen molar-refractivity contribution in [2.75, 3.05) is 5.32 Å². The minimum absolute atomic E-state index is 0.0357. The average Bonchev–Trinajstić information content (AvgIpc) is 2.55. The smallest absolute Gasteiger partial charge is 0.350 e. The Hall–Kier alpha value is -2.90. The lowest BCUT2D eigenvalue weighted by Gasteiger charge is -2.38. The van der Waals surface area contributed by atoms with Crippen LogP contribution >= 0.6 is 0 Å². The van der Waals surface area contributed by atoms with Crippen molar-refractivity contribution in [3.8, 4) is 0 Å². The Kier molecular flexibility index (Phi) is 4.43. The van der Waals surface area contributed by atoms with Crippen LogP contribution in [0.2, 0.25) is 0 Å². The SMILES string of the molecule is Cc1cc([N+](=O)[O-])ccc1NC=C1C(=O)OC2(CCCCC2)OC1=O. The molecule has 0 atom stereocenters. The molecule has 1 aromatic rings. The molecule has 2 fully saturated rings. The van der Waals surface area contributed by atoms with Gasteiger partial charge in [0.05, 0.1) is 4.92 Å². The molecule has 8 nitrogen and oxygen atoms in total. The summed E-state index contributed by atoms with van der Waals surface area (Å²) in [5.74, 6) is -2.55. The van der Waals surface area contributed by atoms with E-state index >= 15 is 0 Å². The first-order valence-electron chi connectivity index (χ1n) is 8.09. The Morgan fingerprint density at radius 1 is 1.16 bits per heavy atom. The van der Waals surface area contributed by atoms with Gasteiger partial charge in [0.25, 0.3) is 11.5 Å². The summed E-state index contributed by atoms with van der Waals surface area (Å²) >= 11 is 0. The van der Waals surface area contributed by atoms with Gasteiger partial charge in [-0.2, -0.15) is 0 Å². The summed E-state index contributed by atoms with van der Waals surface area (Å²) in [4.78, 5) is 34.7. The van der Waals surface area contributed by atoms with Crippen LogP contribution in [-0.2, 0) is 19.1 Å². The van der Waals surface area contributed by atoms with Crippen LogP contribution in [0.25, 0.3) is 0 Å². The summed E-state index contributed by atoms with van der Waals surface area (Å²) in [6.45, 7) is 1.68. The quantitative estimate of drug-likeness (QED) is 0.295. The lowest BCUT2D eigenvalue weighted by molar-refractivity contribution is -0.384. The zero-order valence-corrected chi connectivity index (χ0v) is 13.7. The highest BCUT2D eigenvalue weighted by atomic mass is 16.7. The highest BCUT2D eigenvalue weighted by Crippen LogP contribution is 2.37. The van der Waals surface area contributed by atoms with Crippen LogP contribution in [-0.4, -0.2) is 22.6 Å². The number of benzene rings is 1. The zero-order valence-electron chi connectivity index (χ0n) is 13.7. The van der Waals surface area contributed by atoms with Gasteiger partial charge in [0, 0.05) is 36.9 Å². The number of anilines is 1. The molecule has 0 amide bonds. The number of non-ortho nitro benzene ring substituents is 1. The first-order valence-corrected chi connectivity index (χ1v) is 8.09. The Morgan fingerprint density at radius 3 is 2.36 bits per heavy atom. The number of ether oxygens (including phenoxy) is 2. The lowest BCUT2D eigenvalue weighted by atomic mass is 9.93. The minimum atomic E-state index is -1.12. The molecule has 1 spiro atoms. The predicted molar refractivity (Wildman–Crippen MR) is 87.5 cm³/mol. The van der Waals surface area contributed by atoms with Crippen LogP contribution in [0, 0.1) is 17.0 Å². The normalized spacial score (nSPS) is 19.2. The van der Waals surface area contributed by atoms with E-state index in [1.807, 2.05) is 0 Å². The maximum Gasteiger partial charge on any atom is 0.350 e. The number of carbonyl (C=O) groups excluding carboxylic acids is 2. The van der Waals surface area contributed by atoms with Crippen molar-refractivity contribution in [2.24, 2.45) is 0 Å². The van der Waals surface area contributed by atoms with E-state index in [1.165, 1.54) is 24.4 Å². The van der Waals surface area contributed by atoms with Crippen molar-refractivity contribution in [3.63, 3.8) is 0 Å². The Morgan fingerprint density at radius 2 is 1.80 bits per heavy atom. The van der Waals surface area contributed by atoms with Gasteiger partial charge in [-0.15, -0.1) is 0 Å². The summed E-state index contributed by atoms with van der Waals surface area (Å²) in [5.41, 5.74) is 0.879. The number of rotatable bonds is 3. The van der Waals surface area contributed by atoms with Crippen LogP contribution in [0.3, 0.4) is 0 Å². The molecule has 25 heavy (non-hydrogen) atoms. The zero-order chi connectivity index (χ0) is 18.0. The summed E-state index contributed by atoms with van der Waals surface area (Å²) in [5, 5.41) is 13.6. The molecule has 0 bridgehead atoms. The summed E-state index contributed by atoms with van der Waals surface area (Å²) < 4.78 is 10.8. The van der Waals surface area contributed by atoms with Crippen molar-refractivity contribution in [2.45, 2.75) is 44.8 Å². The molecule has 1 aliphatic carbocycles. The molecular formula is C17H18N2O6. The molecule has 1 aromatic carbocycles. The molecule has 0 radical (unpaired) electrons. The maximum atomic E-state index is 12.2. The third kappa shape index (κ3) is 3.47. The first-order chi connectivity index (χ1) is 11.9. The topological polar surface area (TPSA) is 108 Å². The molecule has 132 valence electrons. The minimum Gasteiger partial charge on any atom is -0.419 e. The summed E-state index contributed by atoms with van der Waals surface area (Å²) in [7, 11) is 0. The van der Waals surface area contributed by atoms with Gasteiger partial charge in [0.15, 0.2) is 5.57 Å². The van der Waals surface area contributed by atoms with Gasteiger partial charge in [-0.25, -0.2) is 9.59 Å². The van der Waals surface area contributed by atoms with Crippen LogP contribution in [0.5, 0.6) is 0 Å². The number of nitro groups is 1. The Labute approximate surface area is 143 Å². The van der Waals surface area contributed by atoms with E-state index in [9.17, 15) is 19.7 Å². The molecule has 1 saturated heterocycles. The van der Waals surface area contributed by atoms with Crippen LogP contribution in [0.15, 0.2) is 30.0 Å².